The van der Waals surface area contributed by atoms with Crippen LogP contribution in [0.2, 0.25) is 5.02 Å². The molecule has 1 aromatic heterocycles. The number of thioether (sulfide) groups is 1. The van der Waals surface area contributed by atoms with E-state index in [-0.39, 0.29) is 22.2 Å². The van der Waals surface area contributed by atoms with Crippen molar-refractivity contribution in [3.05, 3.63) is 82.9 Å². The van der Waals surface area contributed by atoms with E-state index in [0.717, 1.165) is 5.56 Å². The fraction of sp³-hybridized carbons (Fsp3) is 0.158. The molecule has 4 nitrogen and oxygen atoms in total. The topological polar surface area (TPSA) is 46.9 Å². The molecule has 9 heteroatoms. The quantitative estimate of drug-likeness (QED) is 0.571. The van der Waals surface area contributed by atoms with E-state index in [1.807, 2.05) is 0 Å². The van der Waals surface area contributed by atoms with Gasteiger partial charge in [0.2, 0.25) is 0 Å². The Balaban J connectivity index is 1.83. The largest absolute Gasteiger partial charge is 0.446 e. The van der Waals surface area contributed by atoms with Crippen molar-refractivity contribution in [1.29, 1.82) is 0 Å². The number of alkyl halides is 3. The van der Waals surface area contributed by atoms with E-state index in [1.54, 1.807) is 48.3 Å². The van der Waals surface area contributed by atoms with Crippen LogP contribution in [0, 0.1) is 0 Å². The first-order valence-electron chi connectivity index (χ1n) is 8.12. The van der Waals surface area contributed by atoms with Gasteiger partial charge in [-0.15, -0.1) is 0 Å². The Bertz CT molecular complexity index is 956. The fourth-order valence-corrected chi connectivity index (χ4v) is 3.30. The molecule has 0 spiro atoms. The lowest BCUT2D eigenvalue weighted by molar-refractivity contribution is -0.0328. The average Bonchev–Trinajstić information content (AvgIpc) is 3.05. The number of imidazole rings is 1. The molecule has 0 bridgehead atoms. The second-order valence-electron chi connectivity index (χ2n) is 5.93. The lowest BCUT2D eigenvalue weighted by Crippen LogP contribution is -2.31. The lowest BCUT2D eigenvalue weighted by Gasteiger charge is -2.19. The maximum atomic E-state index is 12.7. The number of halogens is 4. The van der Waals surface area contributed by atoms with Crippen molar-refractivity contribution in [3.63, 3.8) is 0 Å². The molecule has 0 aliphatic heterocycles. The highest BCUT2D eigenvalue weighted by molar-refractivity contribution is 8.00. The maximum Gasteiger partial charge on any atom is 0.446 e. The third-order valence-electron chi connectivity index (χ3n) is 3.95. The third kappa shape index (κ3) is 5.08. The van der Waals surface area contributed by atoms with Gasteiger partial charge >= 0.3 is 5.51 Å². The van der Waals surface area contributed by atoms with Crippen LogP contribution in [0.5, 0.6) is 0 Å². The zero-order valence-electron chi connectivity index (χ0n) is 14.6. The highest BCUT2D eigenvalue weighted by Crippen LogP contribution is 2.36. The van der Waals surface area contributed by atoms with Gasteiger partial charge in [0.25, 0.3) is 5.91 Å². The minimum Gasteiger partial charge on any atom is -0.338 e. The van der Waals surface area contributed by atoms with Crippen molar-refractivity contribution in [2.45, 2.75) is 16.4 Å². The van der Waals surface area contributed by atoms with E-state index >= 15 is 0 Å². The van der Waals surface area contributed by atoms with E-state index in [4.69, 9.17) is 11.6 Å². The molecule has 28 heavy (non-hydrogen) atoms. The molecule has 0 saturated heterocycles. The molecule has 0 aliphatic rings. The van der Waals surface area contributed by atoms with Gasteiger partial charge in [0, 0.05) is 34.9 Å². The fourth-order valence-electron chi connectivity index (χ4n) is 2.63. The Hall–Kier alpha value is -2.45. The SMILES string of the molecule is Cn1ccnc1[C@H](NC(=O)c1ccc(SC(F)(F)F)cc1)c1ccc(Cl)cc1. The molecular weight excluding hydrogens is 411 g/mol. The first-order chi connectivity index (χ1) is 13.2. The second-order valence-corrected chi connectivity index (χ2v) is 7.50. The predicted octanol–water partition coefficient (Wildman–Crippen LogP) is 5.20. The number of nitrogens with zero attached hydrogens (tertiary/aromatic N) is 2. The zero-order chi connectivity index (χ0) is 20.3. The van der Waals surface area contributed by atoms with E-state index in [0.29, 0.717) is 10.8 Å². The summed E-state index contributed by atoms with van der Waals surface area (Å²) < 4.78 is 39.1. The van der Waals surface area contributed by atoms with Gasteiger partial charge in [0.15, 0.2) is 0 Å². The molecule has 0 aliphatic carbocycles. The number of amides is 1. The maximum absolute atomic E-state index is 12.7. The molecule has 1 N–H and O–H groups in total. The summed E-state index contributed by atoms with van der Waals surface area (Å²) in [5, 5.41) is 3.45. The third-order valence-corrected chi connectivity index (χ3v) is 4.94. The average molecular weight is 426 g/mol. The molecule has 0 unspecified atom stereocenters. The molecule has 3 rings (SSSR count). The van der Waals surface area contributed by atoms with Crippen molar-refractivity contribution in [3.8, 4) is 0 Å². The van der Waals surface area contributed by atoms with Gasteiger partial charge in [0.05, 0.1) is 0 Å². The van der Waals surface area contributed by atoms with E-state index < -0.39 is 17.5 Å². The highest BCUT2D eigenvalue weighted by atomic mass is 35.5. The predicted molar refractivity (Wildman–Crippen MR) is 102 cm³/mol. The van der Waals surface area contributed by atoms with E-state index in [1.165, 1.54) is 24.3 Å². The van der Waals surface area contributed by atoms with E-state index in [9.17, 15) is 18.0 Å². The monoisotopic (exact) mass is 425 g/mol. The van der Waals surface area contributed by atoms with Crippen LogP contribution in [0.3, 0.4) is 0 Å². The summed E-state index contributed by atoms with van der Waals surface area (Å²) in [6.45, 7) is 0. The normalized spacial score (nSPS) is 12.6. The molecule has 3 aromatic rings. The van der Waals surface area contributed by atoms with Crippen molar-refractivity contribution >= 4 is 29.3 Å². The number of hydrogen-bond acceptors (Lipinski definition) is 3. The number of carbonyl (C=O) groups excluding carboxylic acids is 1. The van der Waals surface area contributed by atoms with E-state index in [2.05, 4.69) is 10.3 Å². The van der Waals surface area contributed by atoms with Crippen LogP contribution in [-0.4, -0.2) is 21.0 Å². The summed E-state index contributed by atoms with van der Waals surface area (Å²) in [6, 6.07) is 11.7. The van der Waals surface area contributed by atoms with Crippen molar-refractivity contribution in [1.82, 2.24) is 14.9 Å². The summed E-state index contributed by atoms with van der Waals surface area (Å²) in [5.74, 6) is 0.187. The number of nitrogens with one attached hydrogen (secondary N) is 1. The van der Waals surface area contributed by atoms with Crippen LogP contribution >= 0.6 is 23.4 Å². The first-order valence-corrected chi connectivity index (χ1v) is 9.32. The molecule has 1 atom stereocenters. The van der Waals surface area contributed by atoms with Gasteiger partial charge in [-0.1, -0.05) is 23.7 Å². The Morgan fingerprint density at radius 2 is 1.79 bits per heavy atom. The summed E-state index contributed by atoms with van der Waals surface area (Å²) in [7, 11) is 1.81. The van der Waals surface area contributed by atoms with Crippen LogP contribution in [0.25, 0.3) is 0 Å². The van der Waals surface area contributed by atoms with Crippen molar-refractivity contribution in [2.75, 3.05) is 0 Å². The van der Waals surface area contributed by atoms with Gasteiger partial charge in [-0.2, -0.15) is 13.2 Å². The summed E-state index contributed by atoms with van der Waals surface area (Å²) in [6.07, 6.45) is 3.38. The number of benzene rings is 2. The van der Waals surface area contributed by atoms with Gasteiger partial charge in [-0.25, -0.2) is 4.98 Å². The highest BCUT2D eigenvalue weighted by Gasteiger charge is 2.29. The first kappa shape index (κ1) is 20.3. The summed E-state index contributed by atoms with van der Waals surface area (Å²) in [5.41, 5.74) is -3.35. The molecule has 1 amide bonds. The van der Waals surface area contributed by atoms with Crippen molar-refractivity contribution in [2.24, 2.45) is 7.05 Å². The Morgan fingerprint density at radius 3 is 2.32 bits per heavy atom. The lowest BCUT2D eigenvalue weighted by atomic mass is 10.1. The molecule has 146 valence electrons. The number of aryl methyl sites for hydroxylation is 1. The molecular formula is C19H15ClF3N3OS. The van der Waals surface area contributed by atoms with Gasteiger partial charge in [-0.3, -0.25) is 4.79 Å². The number of rotatable bonds is 5. The van der Waals surface area contributed by atoms with Crippen LogP contribution in [0.1, 0.15) is 27.8 Å². The van der Waals surface area contributed by atoms with Gasteiger partial charge in [-0.05, 0) is 53.7 Å². The van der Waals surface area contributed by atoms with Gasteiger partial charge < -0.3 is 9.88 Å². The Labute approximate surface area is 168 Å². The summed E-state index contributed by atoms with van der Waals surface area (Å²) in [4.78, 5) is 17.0. The smallest absolute Gasteiger partial charge is 0.338 e. The van der Waals surface area contributed by atoms with Crippen LogP contribution in [0.4, 0.5) is 13.2 Å². The Morgan fingerprint density at radius 1 is 1.14 bits per heavy atom. The number of aromatic nitrogens is 2. The molecule has 0 radical (unpaired) electrons. The minimum absolute atomic E-state index is 0.0161. The van der Waals surface area contributed by atoms with Crippen LogP contribution in [0.15, 0.2) is 65.8 Å². The zero-order valence-corrected chi connectivity index (χ0v) is 16.1. The number of carbonyl (C=O) groups is 1. The standard InChI is InChI=1S/C19H15ClF3N3OS/c1-26-11-10-24-17(26)16(12-2-6-14(20)7-3-12)25-18(27)13-4-8-15(9-5-13)28-19(21,22)23/h2-11,16H,1H3,(H,25,27)/t16-/m1/s1. The van der Waals surface area contributed by atoms with Crippen molar-refractivity contribution < 1.29 is 18.0 Å². The summed E-state index contributed by atoms with van der Waals surface area (Å²) >= 11 is 5.72. The molecule has 0 fully saturated rings. The molecule has 1 heterocycles. The van der Waals surface area contributed by atoms with Gasteiger partial charge in [0.1, 0.15) is 11.9 Å². The molecule has 0 saturated carbocycles. The second kappa shape index (κ2) is 8.28. The number of hydrogen-bond donors (Lipinski definition) is 1. The Kier molecular flexibility index (Phi) is 6.00. The molecule has 2 aromatic carbocycles. The van der Waals surface area contributed by atoms with Crippen LogP contribution < -0.4 is 5.32 Å². The van der Waals surface area contributed by atoms with Crippen LogP contribution in [-0.2, 0) is 7.05 Å². The minimum atomic E-state index is -4.37.